The van der Waals surface area contributed by atoms with Gasteiger partial charge < -0.3 is 10.0 Å². The molecule has 1 aromatic heterocycles. The summed E-state index contributed by atoms with van der Waals surface area (Å²) in [6.07, 6.45) is 4.02. The van der Waals surface area contributed by atoms with E-state index >= 15 is 0 Å². The minimum absolute atomic E-state index is 0.0145. The van der Waals surface area contributed by atoms with Crippen molar-refractivity contribution < 1.29 is 9.90 Å². The van der Waals surface area contributed by atoms with E-state index in [0.29, 0.717) is 13.1 Å². The lowest BCUT2D eigenvalue weighted by molar-refractivity contribution is -0.134. The van der Waals surface area contributed by atoms with Crippen molar-refractivity contribution in [2.45, 2.75) is 25.5 Å². The third kappa shape index (κ3) is 2.91. The van der Waals surface area contributed by atoms with Crippen molar-refractivity contribution in [3.63, 3.8) is 0 Å². The number of aromatic nitrogens is 2. The largest absolute Gasteiger partial charge is 0.391 e. The second kappa shape index (κ2) is 5.09. The lowest BCUT2D eigenvalue weighted by Gasteiger charge is -2.30. The van der Waals surface area contributed by atoms with Gasteiger partial charge >= 0.3 is 5.69 Å². The van der Waals surface area contributed by atoms with E-state index in [4.69, 9.17) is 0 Å². The van der Waals surface area contributed by atoms with E-state index in [1.165, 1.54) is 17.0 Å². The van der Waals surface area contributed by atoms with Crippen molar-refractivity contribution in [3.05, 3.63) is 28.9 Å². The highest BCUT2D eigenvalue weighted by Gasteiger charge is 2.22. The molecule has 2 rings (SSSR count). The Hall–Kier alpha value is -1.69. The normalized spacial score (nSPS) is 20.3. The van der Waals surface area contributed by atoms with E-state index < -0.39 is 11.8 Å². The van der Waals surface area contributed by atoms with Crippen LogP contribution in [-0.4, -0.2) is 44.7 Å². The summed E-state index contributed by atoms with van der Waals surface area (Å²) < 4.78 is 1.27. The molecule has 0 spiro atoms. The van der Waals surface area contributed by atoms with Gasteiger partial charge in [0.05, 0.1) is 6.10 Å². The van der Waals surface area contributed by atoms with E-state index in [1.54, 1.807) is 11.0 Å². The van der Waals surface area contributed by atoms with Gasteiger partial charge in [0.1, 0.15) is 6.54 Å². The molecule has 0 unspecified atom stereocenters. The molecule has 1 aliphatic rings. The average Bonchev–Trinajstić information content (AvgIpc) is 2.32. The van der Waals surface area contributed by atoms with E-state index in [-0.39, 0.29) is 12.5 Å². The first-order chi connectivity index (χ1) is 8.16. The predicted molar refractivity (Wildman–Crippen MR) is 60.3 cm³/mol. The summed E-state index contributed by atoms with van der Waals surface area (Å²) in [5, 5.41) is 9.47. The van der Waals surface area contributed by atoms with Crippen LogP contribution in [0.4, 0.5) is 0 Å². The molecule has 0 saturated carbocycles. The maximum absolute atomic E-state index is 11.9. The number of amides is 1. The van der Waals surface area contributed by atoms with Crippen LogP contribution in [0.1, 0.15) is 12.8 Å². The highest BCUT2D eigenvalue weighted by atomic mass is 16.3. The van der Waals surface area contributed by atoms with Crippen molar-refractivity contribution in [1.82, 2.24) is 14.5 Å². The summed E-state index contributed by atoms with van der Waals surface area (Å²) in [4.78, 5) is 28.4. The van der Waals surface area contributed by atoms with Gasteiger partial charge in [-0.1, -0.05) is 0 Å². The minimum atomic E-state index is -0.446. The Labute approximate surface area is 98.5 Å². The van der Waals surface area contributed by atoms with Crippen molar-refractivity contribution in [1.29, 1.82) is 0 Å². The Morgan fingerprint density at radius 2 is 2.41 bits per heavy atom. The maximum atomic E-state index is 11.9. The number of carbonyl (C=O) groups is 1. The summed E-state index contributed by atoms with van der Waals surface area (Å²) in [5.41, 5.74) is -0.432. The van der Waals surface area contributed by atoms with E-state index in [9.17, 15) is 14.7 Å². The fraction of sp³-hybridized carbons (Fsp3) is 0.545. The zero-order valence-corrected chi connectivity index (χ0v) is 9.45. The van der Waals surface area contributed by atoms with Gasteiger partial charge in [-0.15, -0.1) is 0 Å². The Morgan fingerprint density at radius 3 is 3.12 bits per heavy atom. The van der Waals surface area contributed by atoms with Crippen LogP contribution in [-0.2, 0) is 11.3 Å². The molecule has 6 heteroatoms. The van der Waals surface area contributed by atoms with Crippen molar-refractivity contribution in [3.8, 4) is 0 Å². The number of aliphatic hydroxyl groups excluding tert-OH is 1. The SMILES string of the molecule is O=C(Cn1cccnc1=O)N1CCC[C@H](O)C1. The third-order valence-electron chi connectivity index (χ3n) is 2.84. The van der Waals surface area contributed by atoms with Crippen LogP contribution in [0.25, 0.3) is 0 Å². The first-order valence-electron chi connectivity index (χ1n) is 5.64. The van der Waals surface area contributed by atoms with Crippen LogP contribution in [0.5, 0.6) is 0 Å². The van der Waals surface area contributed by atoms with E-state index in [0.717, 1.165) is 12.8 Å². The van der Waals surface area contributed by atoms with Gasteiger partial charge in [0.25, 0.3) is 0 Å². The Morgan fingerprint density at radius 1 is 1.59 bits per heavy atom. The van der Waals surface area contributed by atoms with Crippen LogP contribution < -0.4 is 5.69 Å². The average molecular weight is 237 g/mol. The zero-order valence-electron chi connectivity index (χ0n) is 9.45. The molecule has 17 heavy (non-hydrogen) atoms. The molecule has 1 atom stereocenters. The summed E-state index contributed by atoms with van der Waals surface area (Å²) in [6.45, 7) is 0.984. The van der Waals surface area contributed by atoms with Crippen LogP contribution >= 0.6 is 0 Å². The summed E-state index contributed by atoms with van der Waals surface area (Å²) in [5.74, 6) is -0.154. The highest BCUT2D eigenvalue weighted by Crippen LogP contribution is 2.10. The van der Waals surface area contributed by atoms with Gasteiger partial charge in [0.15, 0.2) is 0 Å². The number of piperidine rings is 1. The zero-order chi connectivity index (χ0) is 12.3. The molecule has 1 amide bonds. The van der Waals surface area contributed by atoms with Gasteiger partial charge in [-0.05, 0) is 18.9 Å². The Kier molecular flexibility index (Phi) is 3.53. The van der Waals surface area contributed by atoms with E-state index in [1.807, 2.05) is 0 Å². The Bertz CT molecular complexity index is 457. The lowest BCUT2D eigenvalue weighted by Crippen LogP contribution is -2.44. The number of aliphatic hydroxyl groups is 1. The molecule has 0 aliphatic carbocycles. The van der Waals surface area contributed by atoms with Crippen LogP contribution in [0.3, 0.4) is 0 Å². The number of hydrogen-bond acceptors (Lipinski definition) is 4. The fourth-order valence-corrected chi connectivity index (χ4v) is 1.93. The maximum Gasteiger partial charge on any atom is 0.347 e. The lowest BCUT2D eigenvalue weighted by atomic mass is 10.1. The van der Waals surface area contributed by atoms with Crippen molar-refractivity contribution in [2.75, 3.05) is 13.1 Å². The molecule has 1 fully saturated rings. The molecule has 0 aromatic carbocycles. The van der Waals surface area contributed by atoms with Gasteiger partial charge in [-0.2, -0.15) is 0 Å². The van der Waals surface area contributed by atoms with Crippen molar-refractivity contribution >= 4 is 5.91 Å². The van der Waals surface area contributed by atoms with Crippen LogP contribution in [0, 0.1) is 0 Å². The Balaban J connectivity index is 2.02. The molecule has 6 nitrogen and oxygen atoms in total. The molecule has 2 heterocycles. The first-order valence-corrected chi connectivity index (χ1v) is 5.64. The monoisotopic (exact) mass is 237 g/mol. The van der Waals surface area contributed by atoms with Gasteiger partial charge in [0, 0.05) is 25.5 Å². The topological polar surface area (TPSA) is 75.4 Å². The first kappa shape index (κ1) is 11.8. The highest BCUT2D eigenvalue weighted by molar-refractivity contribution is 5.76. The molecule has 0 radical (unpaired) electrons. The van der Waals surface area contributed by atoms with Crippen LogP contribution in [0.15, 0.2) is 23.3 Å². The van der Waals surface area contributed by atoms with Crippen LogP contribution in [0.2, 0.25) is 0 Å². The molecule has 1 saturated heterocycles. The smallest absolute Gasteiger partial charge is 0.347 e. The number of hydrogen-bond donors (Lipinski definition) is 1. The number of rotatable bonds is 2. The van der Waals surface area contributed by atoms with Gasteiger partial charge in [0.2, 0.25) is 5.91 Å². The minimum Gasteiger partial charge on any atom is -0.391 e. The summed E-state index contributed by atoms with van der Waals surface area (Å²) in [6, 6.07) is 1.61. The second-order valence-corrected chi connectivity index (χ2v) is 4.17. The molecule has 0 bridgehead atoms. The second-order valence-electron chi connectivity index (χ2n) is 4.17. The predicted octanol–water partition coefficient (Wildman–Crippen LogP) is -0.773. The number of nitrogens with zero attached hydrogens (tertiary/aromatic N) is 3. The molecule has 1 N–H and O–H groups in total. The third-order valence-corrected chi connectivity index (χ3v) is 2.84. The van der Waals surface area contributed by atoms with Gasteiger partial charge in [-0.25, -0.2) is 9.78 Å². The number of β-amino-alcohol motifs (C(OH)–C–C–N with tert-alkyl or cyclic N) is 1. The quantitative estimate of drug-likeness (QED) is 0.732. The molecule has 1 aromatic rings. The number of carbonyl (C=O) groups excluding carboxylic acids is 1. The number of likely N-dealkylation sites (tertiary alicyclic amines) is 1. The standard InChI is InChI=1S/C11H15N3O3/c15-9-3-1-5-13(7-9)10(16)8-14-6-2-4-12-11(14)17/h2,4,6,9,15H,1,3,5,7-8H2/t9-/m0/s1. The fourth-order valence-electron chi connectivity index (χ4n) is 1.93. The summed E-state index contributed by atoms with van der Waals surface area (Å²) >= 11 is 0. The van der Waals surface area contributed by atoms with Gasteiger partial charge in [-0.3, -0.25) is 9.36 Å². The van der Waals surface area contributed by atoms with E-state index in [2.05, 4.69) is 4.98 Å². The molecular weight excluding hydrogens is 222 g/mol. The molecule has 92 valence electrons. The molecular formula is C11H15N3O3. The molecule has 1 aliphatic heterocycles. The van der Waals surface area contributed by atoms with Crippen molar-refractivity contribution in [2.24, 2.45) is 0 Å². The summed E-state index contributed by atoms with van der Waals surface area (Å²) in [7, 11) is 0.